The van der Waals surface area contributed by atoms with Crippen molar-refractivity contribution in [2.75, 3.05) is 24.1 Å². The maximum Gasteiger partial charge on any atom is 0.317 e. The molecule has 2 heterocycles. The number of nitrogens with one attached hydrogen (secondary N) is 2. The average Bonchev–Trinajstić information content (AvgIpc) is 2.84. The fourth-order valence-electron chi connectivity index (χ4n) is 3.78. The second-order valence-corrected chi connectivity index (χ2v) is 10.6. The van der Waals surface area contributed by atoms with Crippen LogP contribution in [-0.2, 0) is 6.54 Å². The van der Waals surface area contributed by atoms with Gasteiger partial charge in [0.05, 0.1) is 5.69 Å². The number of carbonyl (C=O) groups is 1. The van der Waals surface area contributed by atoms with E-state index >= 15 is 0 Å². The first-order valence-corrected chi connectivity index (χ1v) is 13.5. The highest BCUT2D eigenvalue weighted by Gasteiger charge is 2.24. The lowest BCUT2D eigenvalue weighted by Gasteiger charge is -2.31. The number of anilines is 1. The van der Waals surface area contributed by atoms with Crippen molar-refractivity contribution < 1.29 is 18.6 Å². The number of piperidine rings is 1. The number of likely N-dealkylation sites (tertiary alicyclic amines) is 1. The lowest BCUT2D eigenvalue weighted by molar-refractivity contribution is 0.103. The van der Waals surface area contributed by atoms with Crippen molar-refractivity contribution in [1.29, 1.82) is 0 Å². The van der Waals surface area contributed by atoms with Crippen molar-refractivity contribution in [1.82, 2.24) is 20.2 Å². The smallest absolute Gasteiger partial charge is 0.317 e. The molecule has 4 rings (SSSR count). The third kappa shape index (κ3) is 7.22. The summed E-state index contributed by atoms with van der Waals surface area (Å²) in [7, 11) is -2.82. The van der Waals surface area contributed by atoms with Crippen LogP contribution in [0.25, 0.3) is 11.1 Å². The van der Waals surface area contributed by atoms with Crippen LogP contribution >= 0.6 is 22.4 Å². The van der Waals surface area contributed by atoms with Gasteiger partial charge in [0.1, 0.15) is 6.10 Å². The van der Waals surface area contributed by atoms with Crippen LogP contribution in [0.4, 0.5) is 10.5 Å². The average molecular weight is 518 g/mol. The van der Waals surface area contributed by atoms with Gasteiger partial charge in [-0.3, -0.25) is 13.8 Å². The predicted molar refractivity (Wildman–Crippen MR) is 139 cm³/mol. The van der Waals surface area contributed by atoms with Crippen molar-refractivity contribution in [2.45, 2.75) is 25.5 Å². The van der Waals surface area contributed by atoms with Gasteiger partial charge >= 0.3 is 12.0 Å². The molecule has 0 radical (unpaired) electrons. The number of benzene rings is 2. The molecule has 9 nitrogen and oxygen atoms in total. The Bertz CT molecular complexity index is 1140. The van der Waals surface area contributed by atoms with E-state index in [1.165, 1.54) is 6.26 Å². The van der Waals surface area contributed by atoms with Gasteiger partial charge in [0, 0.05) is 56.1 Å². The van der Waals surface area contributed by atoms with E-state index in [0.29, 0.717) is 49.2 Å². The van der Waals surface area contributed by atoms with Crippen LogP contribution in [0.5, 0.6) is 6.01 Å². The van der Waals surface area contributed by atoms with Gasteiger partial charge in [0.2, 0.25) is 0 Å². The van der Waals surface area contributed by atoms with E-state index < -0.39 is 10.8 Å². The number of ether oxygens (including phenoxy) is 1. The maximum atomic E-state index is 12.6. The summed E-state index contributed by atoms with van der Waals surface area (Å²) in [4.78, 5) is 22.6. The van der Waals surface area contributed by atoms with Crippen molar-refractivity contribution in [3.8, 4) is 17.1 Å². The molecule has 0 bridgehead atoms. The fourth-order valence-corrected chi connectivity index (χ4v) is 4.61. The number of urea groups is 1. The molecule has 2 aromatic carbocycles. The van der Waals surface area contributed by atoms with Gasteiger partial charge in [-0.2, -0.15) is 0 Å². The summed E-state index contributed by atoms with van der Waals surface area (Å²) in [6, 6.07) is 15.0. The summed E-state index contributed by atoms with van der Waals surface area (Å²) in [6.07, 6.45) is 6.03. The Balaban J connectivity index is 1.27. The Morgan fingerprint density at radius 2 is 1.77 bits per heavy atom. The molecule has 4 N–H and O–H groups in total. The van der Waals surface area contributed by atoms with E-state index in [1.807, 2.05) is 30.3 Å². The largest absolute Gasteiger partial charge is 0.460 e. The molecule has 1 aliphatic heterocycles. The molecular weight excluding hydrogens is 490 g/mol. The van der Waals surface area contributed by atoms with Crippen LogP contribution in [0.15, 0.2) is 60.9 Å². The highest BCUT2D eigenvalue weighted by Crippen LogP contribution is 2.35. The molecule has 1 aliphatic rings. The molecule has 0 unspecified atom stereocenters. The van der Waals surface area contributed by atoms with E-state index in [-0.39, 0.29) is 12.1 Å². The van der Waals surface area contributed by atoms with Gasteiger partial charge in [-0.25, -0.2) is 14.8 Å². The SMILES string of the molecule is CS(O)(O)Nc1ccc(-c2ccc(CNC(=O)N3CCC(Oc4ncccn4)CC3)c(Cl)c2)cc1. The predicted octanol–water partition coefficient (Wildman–Crippen LogP) is 5.26. The van der Waals surface area contributed by atoms with Crippen molar-refractivity contribution in [2.24, 2.45) is 0 Å². The maximum absolute atomic E-state index is 12.6. The van der Waals surface area contributed by atoms with Crippen LogP contribution < -0.4 is 14.8 Å². The summed E-state index contributed by atoms with van der Waals surface area (Å²) >= 11 is 6.49. The van der Waals surface area contributed by atoms with Crippen LogP contribution in [-0.4, -0.2) is 55.5 Å². The first kappa shape index (κ1) is 25.1. The minimum Gasteiger partial charge on any atom is -0.460 e. The Morgan fingerprint density at radius 1 is 1.11 bits per heavy atom. The van der Waals surface area contributed by atoms with Gasteiger partial charge < -0.3 is 15.0 Å². The van der Waals surface area contributed by atoms with E-state index in [4.69, 9.17) is 16.3 Å². The number of carbonyl (C=O) groups excluding carboxylic acids is 1. The zero-order valence-corrected chi connectivity index (χ0v) is 20.8. The van der Waals surface area contributed by atoms with Crippen LogP contribution in [0.2, 0.25) is 5.02 Å². The molecule has 2 amide bonds. The quantitative estimate of drug-likeness (QED) is 0.337. The minimum absolute atomic E-state index is 0.00803. The zero-order valence-electron chi connectivity index (χ0n) is 19.2. The minimum atomic E-state index is -2.82. The first-order valence-electron chi connectivity index (χ1n) is 11.1. The number of nitrogens with zero attached hydrogens (tertiary/aromatic N) is 3. The molecule has 1 aromatic heterocycles. The summed E-state index contributed by atoms with van der Waals surface area (Å²) < 4.78 is 27.5. The Kier molecular flexibility index (Phi) is 7.97. The molecule has 0 atom stereocenters. The second kappa shape index (κ2) is 11.1. The Morgan fingerprint density at radius 3 is 2.40 bits per heavy atom. The van der Waals surface area contributed by atoms with E-state index in [9.17, 15) is 13.9 Å². The van der Waals surface area contributed by atoms with Gasteiger partial charge in [-0.05, 0) is 41.0 Å². The molecule has 35 heavy (non-hydrogen) atoms. The third-order valence-corrected chi connectivity index (χ3v) is 6.53. The van der Waals surface area contributed by atoms with Gasteiger partial charge in [-0.1, -0.05) is 35.9 Å². The number of aromatic nitrogens is 2. The molecule has 0 aliphatic carbocycles. The van der Waals surface area contributed by atoms with Crippen LogP contribution in [0, 0.1) is 0 Å². The van der Waals surface area contributed by atoms with Crippen molar-refractivity contribution >= 4 is 34.1 Å². The van der Waals surface area contributed by atoms with Gasteiger partial charge in [0.15, 0.2) is 0 Å². The molecule has 186 valence electrons. The fraction of sp³-hybridized carbons (Fsp3) is 0.292. The zero-order chi connectivity index (χ0) is 24.8. The summed E-state index contributed by atoms with van der Waals surface area (Å²) in [5, 5.41) is 3.50. The van der Waals surface area contributed by atoms with E-state index in [0.717, 1.165) is 16.7 Å². The third-order valence-electron chi connectivity index (χ3n) is 5.56. The van der Waals surface area contributed by atoms with Gasteiger partial charge in [0.25, 0.3) is 0 Å². The number of amides is 2. The number of halogens is 1. The molecule has 0 saturated carbocycles. The van der Waals surface area contributed by atoms with E-state index in [1.54, 1.807) is 35.5 Å². The molecule has 3 aromatic rings. The Hall–Kier alpha value is -3.05. The number of rotatable bonds is 7. The van der Waals surface area contributed by atoms with Crippen molar-refractivity contribution in [3.05, 3.63) is 71.5 Å². The summed E-state index contributed by atoms with van der Waals surface area (Å²) in [6.45, 7) is 1.51. The molecule has 1 saturated heterocycles. The molecular formula is C24H28ClN5O4S. The second-order valence-electron chi connectivity index (χ2n) is 8.31. The lowest BCUT2D eigenvalue weighted by Crippen LogP contribution is -2.46. The molecule has 1 fully saturated rings. The van der Waals surface area contributed by atoms with Gasteiger partial charge in [-0.15, -0.1) is 10.8 Å². The Labute approximate surface area is 211 Å². The summed E-state index contributed by atoms with van der Waals surface area (Å²) in [5.41, 5.74) is 3.29. The van der Waals surface area contributed by atoms with Crippen LogP contribution in [0.1, 0.15) is 18.4 Å². The van der Waals surface area contributed by atoms with E-state index in [2.05, 4.69) is 20.0 Å². The highest BCUT2D eigenvalue weighted by molar-refractivity contribution is 8.24. The lowest BCUT2D eigenvalue weighted by atomic mass is 10.0. The standard InChI is InChI=1S/C24H28ClN5O4S/c1-35(32,33)29-20-7-5-17(6-8-20)18-3-4-19(22(25)15-18)16-28-24(31)30-13-9-21(10-14-30)34-23-26-11-2-12-27-23/h2-8,11-12,15,21,29,32-33H,9-10,13-14,16H2,1H3,(H,28,31). The first-order chi connectivity index (χ1) is 16.8. The molecule has 11 heteroatoms. The monoisotopic (exact) mass is 517 g/mol. The van der Waals surface area contributed by atoms with Crippen molar-refractivity contribution in [3.63, 3.8) is 0 Å². The molecule has 0 spiro atoms. The normalized spacial score (nSPS) is 14.9. The highest BCUT2D eigenvalue weighted by atomic mass is 35.5. The summed E-state index contributed by atoms with van der Waals surface area (Å²) in [5.74, 6) is 0. The number of hydrogen-bond acceptors (Lipinski definition) is 7. The number of hydrogen-bond donors (Lipinski definition) is 4. The van der Waals surface area contributed by atoms with Crippen LogP contribution in [0.3, 0.4) is 0 Å². The topological polar surface area (TPSA) is 120 Å².